The third-order valence-corrected chi connectivity index (χ3v) is 16.8. The number of ether oxygens (including phenoxy) is 9. The molecule has 21 heteroatoms. The van der Waals surface area contributed by atoms with Crippen LogP contribution in [0.25, 0.3) is 0 Å². The van der Waals surface area contributed by atoms with E-state index < -0.39 is 126 Å². The van der Waals surface area contributed by atoms with E-state index in [0.29, 0.717) is 23.4 Å². The van der Waals surface area contributed by atoms with E-state index in [1.54, 1.807) is 41.5 Å². The lowest BCUT2D eigenvalue weighted by Crippen LogP contribution is -2.60. The number of nitrogens with zero attached hydrogens (tertiary/aromatic N) is 1. The molecule has 70 heavy (non-hydrogen) atoms. The van der Waals surface area contributed by atoms with Gasteiger partial charge >= 0.3 is 18.1 Å². The summed E-state index contributed by atoms with van der Waals surface area (Å²) in [7, 11) is 5.29. The molecule has 2 bridgehead atoms. The third kappa shape index (κ3) is 11.6. The third-order valence-electron chi connectivity index (χ3n) is 15.7. The average Bonchev–Trinajstić information content (AvgIpc) is 3.74. The molecule has 20 unspecified atom stereocenters. The maximum absolute atomic E-state index is 14.4. The maximum Gasteiger partial charge on any atom is 0.509 e. The van der Waals surface area contributed by atoms with Gasteiger partial charge in [-0.15, -0.1) is 0 Å². The average molecular weight is 1060 g/mol. The molecule has 18 nitrogen and oxygen atoms in total. The fourth-order valence-electron chi connectivity index (χ4n) is 11.3. The first-order valence-corrected chi connectivity index (χ1v) is 25.4. The molecule has 1 aromatic rings. The van der Waals surface area contributed by atoms with Crippen molar-refractivity contribution in [3.8, 4) is 0 Å². The fraction of sp³-hybridized carbons (Fsp3) is 0.816. The van der Waals surface area contributed by atoms with Gasteiger partial charge in [-0.3, -0.25) is 9.59 Å². The van der Waals surface area contributed by atoms with Crippen LogP contribution in [0.2, 0.25) is 15.1 Å². The second-order valence-corrected chi connectivity index (χ2v) is 22.2. The molecule has 0 spiro atoms. The molecule has 6 N–H and O–H groups in total. The summed E-state index contributed by atoms with van der Waals surface area (Å²) in [6.45, 7) is 19.7. The van der Waals surface area contributed by atoms with Crippen molar-refractivity contribution < 1.29 is 77.4 Å². The Morgan fingerprint density at radius 2 is 1.61 bits per heavy atom. The minimum Gasteiger partial charge on any atom is -0.481 e. The van der Waals surface area contributed by atoms with Crippen molar-refractivity contribution in [1.82, 2.24) is 4.90 Å². The molecular weight excluding hydrogens is 979 g/mol. The first-order chi connectivity index (χ1) is 32.4. The van der Waals surface area contributed by atoms with Gasteiger partial charge in [-0.2, -0.15) is 0 Å². The van der Waals surface area contributed by atoms with Gasteiger partial charge in [0.15, 0.2) is 30.1 Å². The van der Waals surface area contributed by atoms with Crippen LogP contribution in [0.1, 0.15) is 114 Å². The lowest BCUT2D eigenvalue weighted by Gasteiger charge is -2.49. The Morgan fingerprint density at radius 3 is 2.19 bits per heavy atom. The van der Waals surface area contributed by atoms with E-state index in [1.807, 2.05) is 53.6 Å². The number of aliphatic hydroxyl groups is 3. The Morgan fingerprint density at radius 1 is 0.971 bits per heavy atom. The molecule has 0 aromatic heterocycles. The molecule has 5 fully saturated rings. The van der Waals surface area contributed by atoms with Crippen molar-refractivity contribution in [3.05, 3.63) is 26.7 Å². The summed E-state index contributed by atoms with van der Waals surface area (Å²) in [5.74, 6) is -6.92. The van der Waals surface area contributed by atoms with Crippen LogP contribution in [0.4, 0.5) is 10.5 Å². The second-order valence-electron chi connectivity index (χ2n) is 21.0. The van der Waals surface area contributed by atoms with Crippen LogP contribution in [0.15, 0.2) is 6.07 Å². The number of cyclic esters (lactones) is 1. The van der Waals surface area contributed by atoms with E-state index in [0.717, 1.165) is 0 Å². The highest BCUT2D eigenvalue weighted by molar-refractivity contribution is 6.42. The summed E-state index contributed by atoms with van der Waals surface area (Å²) >= 11 is 17.8. The van der Waals surface area contributed by atoms with E-state index in [1.165, 1.54) is 13.2 Å². The molecule has 400 valence electrons. The summed E-state index contributed by atoms with van der Waals surface area (Å²) in [5.41, 5.74) is 2.68. The van der Waals surface area contributed by atoms with Gasteiger partial charge in [-0.05, 0) is 99.4 Å². The Balaban J connectivity index is 0.000000453. The number of fused-ring (bicyclic) bond motifs is 3. The minimum absolute atomic E-state index is 0.144. The van der Waals surface area contributed by atoms with Gasteiger partial charge in [-0.1, -0.05) is 69.4 Å². The second kappa shape index (κ2) is 22.7. The predicted octanol–water partition coefficient (Wildman–Crippen LogP) is 7.01. The number of likely N-dealkylation sites (N-methyl/N-ethyl adjacent to an activating group) is 1. The topological polar surface area (TPSA) is 244 Å². The molecule has 0 saturated carbocycles. The molecule has 5 aliphatic rings. The summed E-state index contributed by atoms with van der Waals surface area (Å²) in [4.78, 5) is 40.1. The molecule has 5 aliphatic heterocycles. The summed E-state index contributed by atoms with van der Waals surface area (Å²) in [6, 6.07) is 1.20. The number of carboxylic acid groups (broad SMARTS) is 1. The highest BCUT2D eigenvalue weighted by Crippen LogP contribution is 2.54. The number of hydrogen-bond donors (Lipinski definition) is 5. The van der Waals surface area contributed by atoms with E-state index >= 15 is 0 Å². The number of aliphatic carboxylic acids is 1. The minimum atomic E-state index is -1.86. The van der Waals surface area contributed by atoms with E-state index in [2.05, 4.69) is 0 Å². The number of anilines is 1. The van der Waals surface area contributed by atoms with Crippen molar-refractivity contribution in [1.29, 1.82) is 0 Å². The molecule has 5 heterocycles. The molecule has 0 aliphatic carbocycles. The first-order valence-electron chi connectivity index (χ1n) is 24.3. The fourth-order valence-corrected chi connectivity index (χ4v) is 12.2. The number of methoxy groups -OCH3 is 1. The molecule has 6 rings (SSSR count). The van der Waals surface area contributed by atoms with Crippen molar-refractivity contribution in [2.45, 2.75) is 205 Å². The monoisotopic (exact) mass is 1050 g/mol. The van der Waals surface area contributed by atoms with Crippen LogP contribution < -0.4 is 5.73 Å². The number of rotatable bonds is 11. The van der Waals surface area contributed by atoms with Crippen LogP contribution in [-0.4, -0.2) is 155 Å². The van der Waals surface area contributed by atoms with Gasteiger partial charge in [0.25, 0.3) is 0 Å². The van der Waals surface area contributed by atoms with Gasteiger partial charge < -0.3 is 73.7 Å². The van der Waals surface area contributed by atoms with Crippen molar-refractivity contribution >= 4 is 58.6 Å². The quantitative estimate of drug-likeness (QED) is 0.111. The largest absolute Gasteiger partial charge is 0.509 e. The summed E-state index contributed by atoms with van der Waals surface area (Å²) < 4.78 is 56.5. The SMILES string of the molecule is CCC(Cc1c(Cl)cc(Cl)c(N)c1Cl)C(=O)O.CCC1OC(=O)C(C)C(OC2CC(C)(OC)C(O)C(C)O2)C(C)C(OC2OC(C)CC(N(C)C)C2O)C2(C)CC(C)C(O)(O2)C(C)C2OC(=O)OC12C. The van der Waals surface area contributed by atoms with Crippen molar-refractivity contribution in [3.63, 3.8) is 0 Å². The van der Waals surface area contributed by atoms with Gasteiger partial charge in [-0.25, -0.2) is 4.79 Å². The van der Waals surface area contributed by atoms with Crippen molar-refractivity contribution in [2.75, 3.05) is 26.9 Å². The lowest BCUT2D eigenvalue weighted by molar-refractivity contribution is -0.337. The summed E-state index contributed by atoms with van der Waals surface area (Å²) in [6.07, 6.45) is -7.83. The molecule has 1 aromatic carbocycles. The standard InChI is InChI=1S/C38H65NO14.C11H12Cl3NO2/c1-14-25-37(10)31(51-34(43)52-37)22(6)38(44)18(2)16-36(9,53-38)30(50-33-27(40)24(39(11)12)15-19(3)46-33)20(4)28(21(5)32(42)48-25)49-26-17-35(8,45-13)29(41)23(7)47-26;1-2-5(11(16)17)3-6-7(12)4-8(13)10(15)9(6)14/h18-31,33,40-41,44H,14-17H2,1-13H3;4-5H,2-3,15H2,1H3,(H,16,17). The normalized spacial score (nSPS) is 42.7. The van der Waals surface area contributed by atoms with E-state index in [9.17, 15) is 29.7 Å². The van der Waals surface area contributed by atoms with Gasteiger partial charge in [0.1, 0.15) is 18.3 Å². The number of aliphatic hydroxyl groups excluding tert-OH is 2. The Hall–Kier alpha value is -2.30. The Kier molecular flexibility index (Phi) is 19.0. The number of nitrogens with two attached hydrogens (primary N) is 1. The molecule has 0 radical (unpaired) electrons. The van der Waals surface area contributed by atoms with E-state index in [4.69, 9.17) is 88.3 Å². The molecular formula is C49H77Cl3N2O16. The zero-order chi connectivity index (χ0) is 52.7. The number of nitrogen functional groups attached to an aromatic ring is 1. The highest BCUT2D eigenvalue weighted by Gasteiger charge is 2.67. The van der Waals surface area contributed by atoms with Gasteiger partial charge in [0.05, 0.1) is 69.1 Å². The number of esters is 1. The number of carbonyl (C=O) groups is 3. The van der Waals surface area contributed by atoms with Crippen LogP contribution in [0.3, 0.4) is 0 Å². The number of carbonyl (C=O) groups excluding carboxylic acids is 2. The molecule has 0 amide bonds. The van der Waals surface area contributed by atoms with Gasteiger partial charge in [0, 0.05) is 36.4 Å². The smallest absolute Gasteiger partial charge is 0.481 e. The zero-order valence-electron chi connectivity index (χ0n) is 42.9. The highest BCUT2D eigenvalue weighted by atomic mass is 35.5. The number of carboxylic acids is 1. The predicted molar refractivity (Wildman–Crippen MR) is 259 cm³/mol. The maximum atomic E-state index is 14.4. The number of halogens is 3. The van der Waals surface area contributed by atoms with Crippen LogP contribution in [-0.2, 0) is 58.6 Å². The van der Waals surface area contributed by atoms with E-state index in [-0.39, 0.29) is 53.6 Å². The van der Waals surface area contributed by atoms with Crippen LogP contribution in [0.5, 0.6) is 0 Å². The molecule has 20 atom stereocenters. The first kappa shape index (κ1) is 58.6. The van der Waals surface area contributed by atoms with Crippen LogP contribution >= 0.6 is 34.8 Å². The number of hydrogen-bond acceptors (Lipinski definition) is 17. The summed E-state index contributed by atoms with van der Waals surface area (Å²) in [5, 5.41) is 45.0. The van der Waals surface area contributed by atoms with Crippen molar-refractivity contribution in [2.24, 2.45) is 29.6 Å². The molecule has 5 saturated heterocycles. The Bertz CT molecular complexity index is 2020. The lowest BCUT2D eigenvalue weighted by atomic mass is 9.75. The van der Waals surface area contributed by atoms with Gasteiger partial charge in [0.2, 0.25) is 0 Å². The number of benzene rings is 1. The van der Waals surface area contributed by atoms with Crippen LogP contribution in [0, 0.1) is 29.6 Å². The zero-order valence-corrected chi connectivity index (χ0v) is 45.2. The Labute approximate surface area is 427 Å².